The van der Waals surface area contributed by atoms with Crippen LogP contribution < -0.4 is 5.32 Å². The first-order valence-electron chi connectivity index (χ1n) is 7.38. The van der Waals surface area contributed by atoms with Crippen LogP contribution in [0.15, 0.2) is 47.4 Å². The molecule has 2 unspecified atom stereocenters. The summed E-state index contributed by atoms with van der Waals surface area (Å²) in [6.07, 6.45) is 0. The molecular formula is C17H16Cl2FNO3S. The Bertz CT molecular complexity index is 885. The zero-order valence-electron chi connectivity index (χ0n) is 13.5. The van der Waals surface area contributed by atoms with Crippen molar-refractivity contribution in [2.24, 2.45) is 0 Å². The first kappa shape index (κ1) is 19.7. The van der Waals surface area contributed by atoms with Gasteiger partial charge in [-0.1, -0.05) is 35.3 Å². The third-order valence-corrected chi connectivity index (χ3v) is 6.69. The van der Waals surface area contributed by atoms with E-state index in [1.807, 2.05) is 0 Å². The second kappa shape index (κ2) is 7.72. The molecule has 0 heterocycles. The predicted octanol–water partition coefficient (Wildman–Crippen LogP) is 4.17. The van der Waals surface area contributed by atoms with Gasteiger partial charge in [-0.2, -0.15) is 0 Å². The van der Waals surface area contributed by atoms with Crippen molar-refractivity contribution < 1.29 is 17.6 Å². The van der Waals surface area contributed by atoms with Gasteiger partial charge in [-0.15, -0.1) is 0 Å². The molecule has 2 aromatic rings. The molecule has 0 aliphatic heterocycles. The molecule has 2 atom stereocenters. The van der Waals surface area contributed by atoms with Crippen molar-refractivity contribution >= 4 is 38.9 Å². The zero-order valence-corrected chi connectivity index (χ0v) is 15.8. The molecule has 8 heteroatoms. The SMILES string of the molecule is CC(NC(=O)C(C)S(=O)(=O)c1ccc(F)cc1)c1cccc(Cl)c1Cl. The lowest BCUT2D eigenvalue weighted by atomic mass is 10.1. The standard InChI is InChI=1S/C17H16Cl2FNO3S/c1-10(14-4-3-5-15(18)16(14)19)21-17(22)11(2)25(23,24)13-8-6-12(20)7-9-13/h3-11H,1-2H3,(H,21,22). The monoisotopic (exact) mass is 403 g/mol. The van der Waals surface area contributed by atoms with Crippen LogP contribution in [0.2, 0.25) is 10.0 Å². The highest BCUT2D eigenvalue weighted by atomic mass is 35.5. The topological polar surface area (TPSA) is 63.2 Å². The third kappa shape index (κ3) is 4.32. The van der Waals surface area contributed by atoms with Gasteiger partial charge in [-0.25, -0.2) is 12.8 Å². The highest BCUT2D eigenvalue weighted by molar-refractivity contribution is 7.92. The molecule has 0 saturated heterocycles. The second-order valence-electron chi connectivity index (χ2n) is 5.51. The minimum atomic E-state index is -3.94. The van der Waals surface area contributed by atoms with Gasteiger partial charge in [-0.3, -0.25) is 4.79 Å². The van der Waals surface area contributed by atoms with Crippen LogP contribution in [0, 0.1) is 5.82 Å². The number of nitrogens with one attached hydrogen (secondary N) is 1. The van der Waals surface area contributed by atoms with Crippen molar-refractivity contribution in [2.45, 2.75) is 30.0 Å². The summed E-state index contributed by atoms with van der Waals surface area (Å²) in [5.41, 5.74) is 0.578. The van der Waals surface area contributed by atoms with Crippen LogP contribution in [-0.2, 0) is 14.6 Å². The van der Waals surface area contributed by atoms with E-state index < -0.39 is 32.9 Å². The first-order valence-corrected chi connectivity index (χ1v) is 9.68. The van der Waals surface area contributed by atoms with Gasteiger partial charge in [-0.05, 0) is 49.7 Å². The maximum Gasteiger partial charge on any atom is 0.238 e. The Morgan fingerprint density at radius 1 is 1.08 bits per heavy atom. The normalized spacial score (nSPS) is 14.0. The van der Waals surface area contributed by atoms with Gasteiger partial charge in [0.15, 0.2) is 9.84 Å². The molecule has 0 fully saturated rings. The number of halogens is 3. The van der Waals surface area contributed by atoms with Crippen molar-refractivity contribution in [2.75, 3.05) is 0 Å². The van der Waals surface area contributed by atoms with Crippen LogP contribution in [0.1, 0.15) is 25.5 Å². The molecule has 4 nitrogen and oxygen atoms in total. The van der Waals surface area contributed by atoms with E-state index in [4.69, 9.17) is 23.2 Å². The average Bonchev–Trinajstić information content (AvgIpc) is 2.56. The van der Waals surface area contributed by atoms with Crippen molar-refractivity contribution in [1.29, 1.82) is 0 Å². The Kier molecular flexibility index (Phi) is 6.08. The lowest BCUT2D eigenvalue weighted by Crippen LogP contribution is -2.39. The van der Waals surface area contributed by atoms with E-state index in [0.717, 1.165) is 24.3 Å². The smallest absolute Gasteiger partial charge is 0.238 e. The molecule has 2 rings (SSSR count). The molecule has 0 bridgehead atoms. The Balaban J connectivity index is 2.19. The highest BCUT2D eigenvalue weighted by Crippen LogP contribution is 2.30. The Labute approximate surface area is 155 Å². The number of amides is 1. The molecule has 25 heavy (non-hydrogen) atoms. The Morgan fingerprint density at radius 3 is 2.28 bits per heavy atom. The van der Waals surface area contributed by atoms with Gasteiger partial charge in [0.05, 0.1) is 21.0 Å². The Hall–Kier alpha value is -1.63. The summed E-state index contributed by atoms with van der Waals surface area (Å²) < 4.78 is 38.0. The van der Waals surface area contributed by atoms with E-state index in [2.05, 4.69) is 5.32 Å². The molecule has 0 aliphatic carbocycles. The fourth-order valence-electron chi connectivity index (χ4n) is 2.23. The largest absolute Gasteiger partial charge is 0.348 e. The van der Waals surface area contributed by atoms with Crippen LogP contribution >= 0.6 is 23.2 Å². The number of sulfone groups is 1. The molecule has 134 valence electrons. The van der Waals surface area contributed by atoms with Gasteiger partial charge >= 0.3 is 0 Å². The molecule has 1 amide bonds. The van der Waals surface area contributed by atoms with Crippen LogP contribution in [0.3, 0.4) is 0 Å². The van der Waals surface area contributed by atoms with Crippen LogP contribution in [0.4, 0.5) is 4.39 Å². The highest BCUT2D eigenvalue weighted by Gasteiger charge is 2.31. The number of carbonyl (C=O) groups excluding carboxylic acids is 1. The predicted molar refractivity (Wildman–Crippen MR) is 96.1 cm³/mol. The fourth-order valence-corrected chi connectivity index (χ4v) is 3.98. The number of rotatable bonds is 5. The molecule has 2 aromatic carbocycles. The molecule has 0 radical (unpaired) electrons. The van der Waals surface area contributed by atoms with Crippen molar-refractivity contribution in [1.82, 2.24) is 5.32 Å². The lowest BCUT2D eigenvalue weighted by Gasteiger charge is -2.19. The van der Waals surface area contributed by atoms with Gasteiger partial charge in [0, 0.05) is 0 Å². The summed E-state index contributed by atoms with van der Waals surface area (Å²) in [6.45, 7) is 2.95. The maximum atomic E-state index is 13.0. The van der Waals surface area contributed by atoms with Crippen molar-refractivity contribution in [3.05, 3.63) is 63.9 Å². The summed E-state index contributed by atoms with van der Waals surface area (Å²) in [5, 5.41) is 1.90. The molecule has 0 aliphatic rings. The first-order chi connectivity index (χ1) is 11.6. The van der Waals surface area contributed by atoms with Gasteiger partial charge < -0.3 is 5.32 Å². The lowest BCUT2D eigenvalue weighted by molar-refractivity contribution is -0.121. The number of carbonyl (C=O) groups is 1. The zero-order chi connectivity index (χ0) is 18.8. The van der Waals surface area contributed by atoms with Gasteiger partial charge in [0.25, 0.3) is 0 Å². The molecule has 0 spiro atoms. The van der Waals surface area contributed by atoms with E-state index in [9.17, 15) is 17.6 Å². The molecule has 1 N–H and O–H groups in total. The molecule has 0 aromatic heterocycles. The quantitative estimate of drug-likeness (QED) is 0.761. The van der Waals surface area contributed by atoms with Crippen LogP contribution in [-0.4, -0.2) is 19.6 Å². The summed E-state index contributed by atoms with van der Waals surface area (Å²) in [4.78, 5) is 12.2. The van der Waals surface area contributed by atoms with Crippen molar-refractivity contribution in [3.63, 3.8) is 0 Å². The number of benzene rings is 2. The third-order valence-electron chi connectivity index (χ3n) is 3.78. The van der Waals surface area contributed by atoms with Crippen LogP contribution in [0.25, 0.3) is 0 Å². The summed E-state index contributed by atoms with van der Waals surface area (Å²) in [6, 6.07) is 8.78. The van der Waals surface area contributed by atoms with E-state index in [-0.39, 0.29) is 4.90 Å². The van der Waals surface area contributed by atoms with E-state index >= 15 is 0 Å². The Morgan fingerprint density at radius 2 is 1.68 bits per heavy atom. The maximum absolute atomic E-state index is 13.0. The van der Waals surface area contributed by atoms with Gasteiger partial charge in [0.1, 0.15) is 11.1 Å². The van der Waals surface area contributed by atoms with Crippen LogP contribution in [0.5, 0.6) is 0 Å². The number of hydrogen-bond acceptors (Lipinski definition) is 3. The summed E-state index contributed by atoms with van der Waals surface area (Å²) in [7, 11) is -3.94. The van der Waals surface area contributed by atoms with E-state index in [0.29, 0.717) is 15.6 Å². The molecular weight excluding hydrogens is 388 g/mol. The van der Waals surface area contributed by atoms with E-state index in [1.54, 1.807) is 25.1 Å². The fraction of sp³-hybridized carbons (Fsp3) is 0.235. The minimum absolute atomic E-state index is 0.120. The number of hydrogen-bond donors (Lipinski definition) is 1. The molecule has 0 saturated carbocycles. The van der Waals surface area contributed by atoms with Gasteiger partial charge in [0.2, 0.25) is 5.91 Å². The van der Waals surface area contributed by atoms with E-state index in [1.165, 1.54) is 6.92 Å². The summed E-state index contributed by atoms with van der Waals surface area (Å²) >= 11 is 12.1. The van der Waals surface area contributed by atoms with Crippen molar-refractivity contribution in [3.8, 4) is 0 Å². The summed E-state index contributed by atoms with van der Waals surface area (Å²) in [5.74, 6) is -1.24. The average molecular weight is 404 g/mol. The minimum Gasteiger partial charge on any atom is -0.348 e. The second-order valence-corrected chi connectivity index (χ2v) is 8.57.